The molecule has 5 nitrogen and oxygen atoms in total. The molecular weight excluding hydrogens is 383 g/mol. The minimum Gasteiger partial charge on any atom is -0.374 e. The molecule has 2 aliphatic rings. The summed E-state index contributed by atoms with van der Waals surface area (Å²) in [4.78, 5) is 31.0. The Hall–Kier alpha value is -3.64. The summed E-state index contributed by atoms with van der Waals surface area (Å²) in [7, 11) is 0. The molecule has 0 spiro atoms. The number of fused-ring (bicyclic) bond motifs is 5. The second kappa shape index (κ2) is 5.49. The Balaban J connectivity index is 1.73. The van der Waals surface area contributed by atoms with Crippen molar-refractivity contribution in [3.63, 3.8) is 0 Å². The Labute approximate surface area is 170 Å². The second-order valence-corrected chi connectivity index (χ2v) is 7.78. The maximum absolute atomic E-state index is 16.7. The number of hydrogen-bond donors (Lipinski definition) is 1. The minimum atomic E-state index is -2.69. The number of para-hydroxylation sites is 2. The van der Waals surface area contributed by atoms with Gasteiger partial charge in [-0.2, -0.15) is 0 Å². The van der Waals surface area contributed by atoms with E-state index in [1.807, 2.05) is 0 Å². The van der Waals surface area contributed by atoms with Gasteiger partial charge < -0.3 is 5.11 Å². The molecule has 6 heteroatoms. The predicted octanol–water partition coefficient (Wildman–Crippen LogP) is 3.08. The van der Waals surface area contributed by atoms with Gasteiger partial charge in [0.1, 0.15) is 0 Å². The molecular formula is C24H15FN2O3. The number of carbonyl (C=O) groups is 1. The van der Waals surface area contributed by atoms with Crippen LogP contribution in [0.4, 0.5) is 4.39 Å². The summed E-state index contributed by atoms with van der Waals surface area (Å²) < 4.78 is 18.0. The van der Waals surface area contributed by atoms with E-state index in [0.29, 0.717) is 22.2 Å². The first-order valence-electron chi connectivity index (χ1n) is 9.63. The lowest BCUT2D eigenvalue weighted by atomic mass is 9.76. The molecule has 0 bridgehead atoms. The second-order valence-electron chi connectivity index (χ2n) is 7.78. The van der Waals surface area contributed by atoms with Gasteiger partial charge in [-0.25, -0.2) is 9.37 Å². The number of rotatable bonds is 1. The van der Waals surface area contributed by atoms with E-state index in [1.165, 1.54) is 4.57 Å². The standard InChI is InChI=1S/C24H15FN2O3/c25-23(13-14-7-1-2-8-15(14)20(23)28)24(30)17-10-4-6-12-19(17)27-21(29)16-9-3-5-11-18(16)26-22(24)27/h1-12,30H,13H2/t23-,24+/m0/s1. The highest BCUT2D eigenvalue weighted by Gasteiger charge is 2.66. The quantitative estimate of drug-likeness (QED) is 0.535. The number of carbonyl (C=O) groups excluding carboxylic acids is 1. The summed E-state index contributed by atoms with van der Waals surface area (Å²) in [5, 5.41) is 12.3. The number of nitrogens with zero attached hydrogens (tertiary/aromatic N) is 2. The third kappa shape index (κ3) is 1.82. The Morgan fingerprint density at radius 1 is 0.933 bits per heavy atom. The zero-order valence-corrected chi connectivity index (χ0v) is 15.7. The van der Waals surface area contributed by atoms with Crippen molar-refractivity contribution in [3.05, 3.63) is 106 Å². The Morgan fingerprint density at radius 3 is 2.47 bits per heavy atom. The van der Waals surface area contributed by atoms with E-state index in [0.717, 1.165) is 0 Å². The molecule has 1 aromatic heterocycles. The lowest BCUT2D eigenvalue weighted by Crippen LogP contribution is -2.53. The number of aromatic nitrogens is 2. The Morgan fingerprint density at radius 2 is 1.63 bits per heavy atom. The van der Waals surface area contributed by atoms with Crippen LogP contribution in [0.25, 0.3) is 16.6 Å². The highest BCUT2D eigenvalue weighted by Crippen LogP contribution is 2.53. The third-order valence-electron chi connectivity index (χ3n) is 6.26. The molecule has 6 rings (SSSR count). The number of ketones is 1. The Kier molecular flexibility index (Phi) is 3.15. The van der Waals surface area contributed by atoms with Crippen molar-refractivity contribution >= 4 is 16.7 Å². The first kappa shape index (κ1) is 17.2. The summed E-state index contributed by atoms with van der Waals surface area (Å²) >= 11 is 0. The van der Waals surface area contributed by atoms with E-state index < -0.39 is 22.6 Å². The van der Waals surface area contributed by atoms with E-state index in [1.54, 1.807) is 72.8 Å². The lowest BCUT2D eigenvalue weighted by Gasteiger charge is -2.34. The van der Waals surface area contributed by atoms with E-state index in [-0.39, 0.29) is 23.4 Å². The SMILES string of the molecule is O=C1c2ccccc2C[C@@]1(F)[C@@]1(O)c2ccccc2-n2c1nc1ccccc1c2=O. The average molecular weight is 398 g/mol. The molecule has 1 aliphatic carbocycles. The monoisotopic (exact) mass is 398 g/mol. The van der Waals surface area contributed by atoms with Gasteiger partial charge in [0.25, 0.3) is 5.56 Å². The largest absolute Gasteiger partial charge is 0.374 e. The molecule has 0 fully saturated rings. The lowest BCUT2D eigenvalue weighted by molar-refractivity contribution is -0.0572. The van der Waals surface area contributed by atoms with Crippen LogP contribution in [0.2, 0.25) is 0 Å². The van der Waals surface area contributed by atoms with E-state index in [2.05, 4.69) is 4.98 Å². The van der Waals surface area contributed by atoms with Crippen molar-refractivity contribution in [2.45, 2.75) is 17.7 Å². The van der Waals surface area contributed by atoms with Crippen LogP contribution < -0.4 is 5.56 Å². The number of halogens is 1. The summed E-state index contributed by atoms with van der Waals surface area (Å²) in [6, 6.07) is 19.9. The van der Waals surface area contributed by atoms with Crippen LogP contribution in [0.15, 0.2) is 77.6 Å². The molecule has 0 saturated heterocycles. The molecule has 146 valence electrons. The van der Waals surface area contributed by atoms with Crippen molar-refractivity contribution in [2.75, 3.05) is 0 Å². The summed E-state index contributed by atoms with van der Waals surface area (Å²) in [6.45, 7) is 0. The molecule has 2 heterocycles. The van der Waals surface area contributed by atoms with Gasteiger partial charge >= 0.3 is 0 Å². The molecule has 0 radical (unpaired) electrons. The van der Waals surface area contributed by atoms with Crippen molar-refractivity contribution < 1.29 is 14.3 Å². The fourth-order valence-electron chi connectivity index (χ4n) is 4.83. The number of hydrogen-bond acceptors (Lipinski definition) is 4. The fourth-order valence-corrected chi connectivity index (χ4v) is 4.83. The minimum absolute atomic E-state index is 0.161. The normalized spacial score (nSPS) is 24.0. The smallest absolute Gasteiger partial charge is 0.266 e. The molecule has 0 saturated carbocycles. The molecule has 1 N–H and O–H groups in total. The van der Waals surface area contributed by atoms with E-state index in [9.17, 15) is 14.7 Å². The van der Waals surface area contributed by atoms with Crippen molar-refractivity contribution in [1.29, 1.82) is 0 Å². The first-order chi connectivity index (χ1) is 14.5. The number of aliphatic hydroxyl groups is 1. The van der Waals surface area contributed by atoms with Crippen molar-refractivity contribution in [2.24, 2.45) is 0 Å². The van der Waals surface area contributed by atoms with Crippen molar-refractivity contribution in [1.82, 2.24) is 9.55 Å². The average Bonchev–Trinajstić information content (AvgIpc) is 3.19. The molecule has 2 atom stereocenters. The van der Waals surface area contributed by atoms with Gasteiger partial charge in [-0.15, -0.1) is 0 Å². The zero-order chi connectivity index (χ0) is 20.7. The molecule has 0 unspecified atom stereocenters. The van der Waals surface area contributed by atoms with Crippen LogP contribution in [0.3, 0.4) is 0 Å². The number of benzene rings is 3. The van der Waals surface area contributed by atoms with Crippen LogP contribution in [-0.4, -0.2) is 26.1 Å². The van der Waals surface area contributed by atoms with Crippen LogP contribution in [0.1, 0.15) is 27.3 Å². The molecule has 1 aliphatic heterocycles. The van der Waals surface area contributed by atoms with Crippen LogP contribution >= 0.6 is 0 Å². The molecule has 3 aromatic carbocycles. The van der Waals surface area contributed by atoms with Gasteiger partial charge in [-0.05, 0) is 23.8 Å². The highest BCUT2D eigenvalue weighted by molar-refractivity contribution is 6.08. The van der Waals surface area contributed by atoms with Gasteiger partial charge in [0, 0.05) is 17.5 Å². The van der Waals surface area contributed by atoms with Crippen molar-refractivity contribution in [3.8, 4) is 5.69 Å². The van der Waals surface area contributed by atoms with Gasteiger partial charge in [0.05, 0.1) is 16.6 Å². The summed E-state index contributed by atoms with van der Waals surface area (Å²) in [5.74, 6) is -0.970. The number of Topliss-reactive ketones (excluding diaryl/α,β-unsaturated/α-hetero) is 1. The maximum atomic E-state index is 16.7. The third-order valence-corrected chi connectivity index (χ3v) is 6.26. The van der Waals surface area contributed by atoms with Crippen LogP contribution in [0.5, 0.6) is 0 Å². The van der Waals surface area contributed by atoms with E-state index >= 15 is 4.39 Å². The summed E-state index contributed by atoms with van der Waals surface area (Å²) in [6.07, 6.45) is -0.296. The van der Waals surface area contributed by atoms with E-state index in [4.69, 9.17) is 0 Å². The molecule has 4 aromatic rings. The van der Waals surface area contributed by atoms with Crippen LogP contribution in [-0.2, 0) is 12.0 Å². The fraction of sp³-hybridized carbons (Fsp3) is 0.125. The highest BCUT2D eigenvalue weighted by atomic mass is 19.1. The van der Waals surface area contributed by atoms with Crippen LogP contribution in [0, 0.1) is 0 Å². The zero-order valence-electron chi connectivity index (χ0n) is 15.7. The van der Waals surface area contributed by atoms with Gasteiger partial charge in [0.2, 0.25) is 11.5 Å². The topological polar surface area (TPSA) is 72.2 Å². The summed E-state index contributed by atoms with van der Waals surface area (Å²) in [5.41, 5.74) is -3.90. The van der Waals surface area contributed by atoms with Gasteiger partial charge in [0.15, 0.2) is 11.4 Å². The predicted molar refractivity (Wildman–Crippen MR) is 109 cm³/mol. The maximum Gasteiger partial charge on any atom is 0.266 e. The molecule has 30 heavy (non-hydrogen) atoms. The Bertz CT molecular complexity index is 1460. The number of alkyl halides is 1. The molecule has 0 amide bonds. The van der Waals surface area contributed by atoms with Gasteiger partial charge in [-0.3, -0.25) is 14.2 Å². The van der Waals surface area contributed by atoms with Gasteiger partial charge in [-0.1, -0.05) is 54.6 Å². The first-order valence-corrected chi connectivity index (χ1v) is 9.63.